The van der Waals surface area contributed by atoms with E-state index in [9.17, 15) is 9.59 Å². The number of pyridine rings is 1. The second-order valence-corrected chi connectivity index (χ2v) is 5.87. The van der Waals surface area contributed by atoms with Gasteiger partial charge in [0.2, 0.25) is 5.91 Å². The number of hydrogen-bond donors (Lipinski definition) is 1. The highest BCUT2D eigenvalue weighted by atomic mass is 16.3. The van der Waals surface area contributed by atoms with E-state index in [1.54, 1.807) is 29.0 Å². The molecule has 4 aromatic heterocycles. The molecule has 0 saturated heterocycles. The maximum Gasteiger partial charge on any atom is 0.291 e. The first-order valence-corrected chi connectivity index (χ1v) is 8.32. The molecule has 4 aromatic rings. The Bertz CT molecular complexity index is 1140. The Morgan fingerprint density at radius 2 is 2.15 bits per heavy atom. The minimum absolute atomic E-state index is 0.151. The lowest BCUT2D eigenvalue weighted by molar-refractivity contribution is -0.122. The third-order valence-corrected chi connectivity index (χ3v) is 4.17. The molecule has 132 valence electrons. The van der Waals surface area contributed by atoms with E-state index in [2.05, 4.69) is 15.4 Å². The van der Waals surface area contributed by atoms with Gasteiger partial charge in [0.15, 0.2) is 5.58 Å². The fourth-order valence-corrected chi connectivity index (χ4v) is 2.94. The van der Waals surface area contributed by atoms with Crippen LogP contribution in [0.2, 0.25) is 0 Å². The van der Waals surface area contributed by atoms with Gasteiger partial charge in [-0.2, -0.15) is 5.10 Å². The predicted octanol–water partition coefficient (Wildman–Crippen LogP) is 1.52. The van der Waals surface area contributed by atoms with E-state index in [4.69, 9.17) is 4.42 Å². The zero-order valence-electron chi connectivity index (χ0n) is 14.2. The summed E-state index contributed by atoms with van der Waals surface area (Å²) in [7, 11) is 0. The van der Waals surface area contributed by atoms with E-state index < -0.39 is 0 Å². The number of carbonyl (C=O) groups is 1. The van der Waals surface area contributed by atoms with Crippen molar-refractivity contribution >= 4 is 22.5 Å². The molecule has 0 aliphatic carbocycles. The van der Waals surface area contributed by atoms with Crippen molar-refractivity contribution in [3.05, 3.63) is 64.7 Å². The van der Waals surface area contributed by atoms with Crippen molar-refractivity contribution < 1.29 is 9.21 Å². The number of nitrogens with zero attached hydrogens (tertiary/aromatic N) is 4. The average Bonchev–Trinajstić information content (AvgIpc) is 3.25. The Balaban J connectivity index is 1.63. The van der Waals surface area contributed by atoms with Crippen LogP contribution in [0.4, 0.5) is 0 Å². The van der Waals surface area contributed by atoms with Crippen molar-refractivity contribution in [1.82, 2.24) is 24.5 Å². The van der Waals surface area contributed by atoms with Crippen LogP contribution in [0.25, 0.3) is 16.6 Å². The Morgan fingerprint density at radius 3 is 2.92 bits per heavy atom. The van der Waals surface area contributed by atoms with Crippen molar-refractivity contribution in [2.75, 3.05) is 0 Å². The Kier molecular flexibility index (Phi) is 4.00. The van der Waals surface area contributed by atoms with Gasteiger partial charge in [0.1, 0.15) is 17.9 Å². The van der Waals surface area contributed by atoms with Crippen LogP contribution in [0.5, 0.6) is 0 Å². The zero-order chi connectivity index (χ0) is 18.1. The van der Waals surface area contributed by atoms with Gasteiger partial charge in [-0.05, 0) is 12.1 Å². The lowest BCUT2D eigenvalue weighted by atomic mass is 10.3. The average molecular weight is 351 g/mol. The first kappa shape index (κ1) is 16.1. The number of rotatable bonds is 5. The Morgan fingerprint density at radius 1 is 1.27 bits per heavy atom. The minimum Gasteiger partial charge on any atom is -0.463 e. The molecule has 0 spiro atoms. The molecule has 8 nitrogen and oxygen atoms in total. The lowest BCUT2D eigenvalue weighted by Crippen LogP contribution is -2.35. The van der Waals surface area contributed by atoms with E-state index in [-0.39, 0.29) is 18.0 Å². The van der Waals surface area contributed by atoms with Crippen molar-refractivity contribution in [1.29, 1.82) is 0 Å². The van der Waals surface area contributed by atoms with Crippen LogP contribution in [0.15, 0.2) is 52.0 Å². The smallest absolute Gasteiger partial charge is 0.291 e. The van der Waals surface area contributed by atoms with Crippen LogP contribution in [0.3, 0.4) is 0 Å². The lowest BCUT2D eigenvalue weighted by Gasteiger charge is -2.10. The Labute approximate surface area is 148 Å². The summed E-state index contributed by atoms with van der Waals surface area (Å²) < 4.78 is 8.36. The summed E-state index contributed by atoms with van der Waals surface area (Å²) in [6, 6.07) is 8.96. The standard InChI is InChI=1S/C18H17N5O3/c1-2-16-21-22(11-17(24)20-10-12-5-3-4-7-19-12)18(25)14-9-15-13(23(14)16)6-8-26-15/h3-9H,2,10-11H2,1H3,(H,20,24). The molecule has 1 N–H and O–H groups in total. The fraction of sp³-hybridized carbons (Fsp3) is 0.222. The molecule has 0 bridgehead atoms. The van der Waals surface area contributed by atoms with E-state index in [1.165, 1.54) is 4.68 Å². The summed E-state index contributed by atoms with van der Waals surface area (Å²) in [5.74, 6) is 0.389. The molecule has 0 radical (unpaired) electrons. The van der Waals surface area contributed by atoms with Gasteiger partial charge in [0.05, 0.1) is 24.0 Å². The molecule has 4 heterocycles. The summed E-state index contributed by atoms with van der Waals surface area (Å²) in [6.45, 7) is 2.10. The molecule has 0 aliphatic rings. The molecule has 0 aromatic carbocycles. The van der Waals surface area contributed by atoms with Crippen LogP contribution in [0, 0.1) is 0 Å². The number of nitrogens with one attached hydrogen (secondary N) is 1. The molecule has 26 heavy (non-hydrogen) atoms. The topological polar surface area (TPSA) is 94.4 Å². The van der Waals surface area contributed by atoms with Gasteiger partial charge in [-0.3, -0.25) is 19.0 Å². The maximum atomic E-state index is 12.7. The van der Waals surface area contributed by atoms with Gasteiger partial charge >= 0.3 is 0 Å². The third-order valence-electron chi connectivity index (χ3n) is 4.17. The number of furan rings is 1. The summed E-state index contributed by atoms with van der Waals surface area (Å²) in [6.07, 6.45) is 3.85. The van der Waals surface area contributed by atoms with Crippen LogP contribution >= 0.6 is 0 Å². The van der Waals surface area contributed by atoms with Crippen LogP contribution in [-0.4, -0.2) is 25.1 Å². The highest BCUT2D eigenvalue weighted by Crippen LogP contribution is 2.20. The minimum atomic E-state index is -0.332. The van der Waals surface area contributed by atoms with Crippen molar-refractivity contribution in [2.45, 2.75) is 26.4 Å². The van der Waals surface area contributed by atoms with Crippen molar-refractivity contribution in [3.8, 4) is 0 Å². The van der Waals surface area contributed by atoms with Crippen LogP contribution < -0.4 is 10.9 Å². The largest absolute Gasteiger partial charge is 0.463 e. The van der Waals surface area contributed by atoms with E-state index in [0.717, 1.165) is 11.2 Å². The third kappa shape index (κ3) is 2.75. The van der Waals surface area contributed by atoms with Crippen molar-refractivity contribution in [2.24, 2.45) is 0 Å². The first-order chi connectivity index (χ1) is 12.7. The molecule has 8 heteroatoms. The number of amides is 1. The number of aryl methyl sites for hydroxylation is 1. The summed E-state index contributed by atoms with van der Waals surface area (Å²) in [5.41, 5.74) is 2.28. The first-order valence-electron chi connectivity index (χ1n) is 8.32. The molecular weight excluding hydrogens is 334 g/mol. The monoisotopic (exact) mass is 351 g/mol. The normalized spacial score (nSPS) is 11.3. The summed E-state index contributed by atoms with van der Waals surface area (Å²) in [4.78, 5) is 29.1. The van der Waals surface area contributed by atoms with Crippen molar-refractivity contribution in [3.63, 3.8) is 0 Å². The predicted molar refractivity (Wildman–Crippen MR) is 94.7 cm³/mol. The number of carbonyl (C=O) groups excluding carboxylic acids is 1. The molecular formula is C18H17N5O3. The van der Waals surface area contributed by atoms with Gasteiger partial charge in [0, 0.05) is 24.8 Å². The number of aromatic nitrogens is 4. The molecule has 0 aliphatic heterocycles. The van der Waals surface area contributed by atoms with E-state index >= 15 is 0 Å². The van der Waals surface area contributed by atoms with E-state index in [1.807, 2.05) is 25.1 Å². The van der Waals surface area contributed by atoms with Crippen LogP contribution in [0.1, 0.15) is 18.4 Å². The maximum absolute atomic E-state index is 12.7. The van der Waals surface area contributed by atoms with Gasteiger partial charge < -0.3 is 9.73 Å². The second kappa shape index (κ2) is 6.47. The fourth-order valence-electron chi connectivity index (χ4n) is 2.94. The molecule has 0 atom stereocenters. The van der Waals surface area contributed by atoms with Crippen LogP contribution in [-0.2, 0) is 24.3 Å². The summed E-state index contributed by atoms with van der Waals surface area (Å²) in [5, 5.41) is 7.12. The SMILES string of the molecule is CCc1nn(CC(=O)NCc2ccccn2)c(=O)c2cc3occc3n12. The van der Waals surface area contributed by atoms with Gasteiger partial charge in [-0.1, -0.05) is 13.0 Å². The number of hydrogen-bond acceptors (Lipinski definition) is 5. The highest BCUT2D eigenvalue weighted by Gasteiger charge is 2.16. The molecule has 4 rings (SSSR count). The van der Waals surface area contributed by atoms with Gasteiger partial charge in [-0.25, -0.2) is 4.68 Å². The quantitative estimate of drug-likeness (QED) is 0.588. The summed E-state index contributed by atoms with van der Waals surface area (Å²) >= 11 is 0. The van der Waals surface area contributed by atoms with Gasteiger partial charge in [0.25, 0.3) is 5.56 Å². The van der Waals surface area contributed by atoms with E-state index in [0.29, 0.717) is 29.9 Å². The molecule has 1 amide bonds. The number of fused-ring (bicyclic) bond motifs is 3. The Hall–Kier alpha value is -3.42. The van der Waals surface area contributed by atoms with Gasteiger partial charge in [-0.15, -0.1) is 0 Å². The second-order valence-electron chi connectivity index (χ2n) is 5.87. The highest BCUT2D eigenvalue weighted by molar-refractivity contribution is 5.82. The zero-order valence-corrected chi connectivity index (χ0v) is 14.2. The molecule has 0 unspecified atom stereocenters. The molecule has 0 saturated carbocycles. The molecule has 0 fully saturated rings.